The van der Waals surface area contributed by atoms with Crippen molar-refractivity contribution in [3.8, 4) is 0 Å². The van der Waals surface area contributed by atoms with Crippen LogP contribution in [0, 0.1) is 0 Å². The lowest BCUT2D eigenvalue weighted by molar-refractivity contribution is -0.136. The zero-order valence-electron chi connectivity index (χ0n) is 19.3. The molecule has 32 heavy (non-hydrogen) atoms. The van der Waals surface area contributed by atoms with E-state index >= 15 is 0 Å². The summed E-state index contributed by atoms with van der Waals surface area (Å²) >= 11 is 0. The van der Waals surface area contributed by atoms with Crippen molar-refractivity contribution in [3.05, 3.63) is 65.7 Å². The zero-order chi connectivity index (χ0) is 23.3. The number of anilines is 1. The highest BCUT2D eigenvalue weighted by atomic mass is 16.4. The molecule has 0 aliphatic carbocycles. The molecule has 0 fully saturated rings. The van der Waals surface area contributed by atoms with Gasteiger partial charge in [-0.25, -0.2) is 0 Å². The van der Waals surface area contributed by atoms with E-state index in [1.807, 2.05) is 47.4 Å². The molecule has 0 aliphatic rings. The van der Waals surface area contributed by atoms with E-state index in [9.17, 15) is 14.4 Å². The number of carboxylic acid groups (broad SMARTS) is 1. The summed E-state index contributed by atoms with van der Waals surface area (Å²) in [7, 11) is 0. The van der Waals surface area contributed by atoms with Crippen molar-refractivity contribution < 1.29 is 19.5 Å². The molecule has 0 heterocycles. The van der Waals surface area contributed by atoms with Crippen molar-refractivity contribution in [3.63, 3.8) is 0 Å². The van der Waals surface area contributed by atoms with E-state index in [2.05, 4.69) is 13.8 Å². The number of amides is 1. The molecule has 0 aromatic heterocycles. The van der Waals surface area contributed by atoms with Crippen LogP contribution in [0.25, 0.3) is 0 Å². The van der Waals surface area contributed by atoms with Crippen LogP contribution < -0.4 is 4.90 Å². The van der Waals surface area contributed by atoms with Crippen molar-refractivity contribution in [1.82, 2.24) is 0 Å². The smallest absolute Gasteiger partial charge is 0.303 e. The molecule has 2 aromatic rings. The number of aliphatic carboxylic acids is 1. The Hall–Kier alpha value is -2.95. The predicted octanol–water partition coefficient (Wildman–Crippen LogP) is 6.52. The van der Waals surface area contributed by atoms with Crippen LogP contribution in [-0.4, -0.2) is 28.8 Å². The van der Waals surface area contributed by atoms with Gasteiger partial charge in [-0.1, -0.05) is 64.2 Å². The van der Waals surface area contributed by atoms with Crippen LogP contribution in [0.2, 0.25) is 0 Å². The molecule has 2 rings (SSSR count). The first-order chi connectivity index (χ1) is 15.5. The third-order valence-corrected chi connectivity index (χ3v) is 5.65. The maximum atomic E-state index is 13.5. The molecule has 1 N–H and O–H groups in total. The first kappa shape index (κ1) is 25.3. The second kappa shape index (κ2) is 13.5. The van der Waals surface area contributed by atoms with Gasteiger partial charge in [-0.3, -0.25) is 14.4 Å². The number of unbranched alkanes of at least 4 members (excludes halogenated alkanes) is 3. The number of carboxylic acids is 1. The number of benzene rings is 2. The van der Waals surface area contributed by atoms with E-state index in [0.717, 1.165) is 37.8 Å². The fourth-order valence-corrected chi connectivity index (χ4v) is 3.93. The number of carbonyl (C=O) groups is 3. The quantitative estimate of drug-likeness (QED) is 0.270. The first-order valence-corrected chi connectivity index (χ1v) is 11.7. The van der Waals surface area contributed by atoms with Crippen molar-refractivity contribution in [2.45, 2.75) is 77.7 Å². The van der Waals surface area contributed by atoms with Crippen molar-refractivity contribution in [2.24, 2.45) is 0 Å². The Kier molecular flexibility index (Phi) is 10.6. The molecule has 172 valence electrons. The number of hydrogen-bond donors (Lipinski definition) is 1. The molecule has 1 unspecified atom stereocenters. The molecular weight excluding hydrogens is 402 g/mol. The Morgan fingerprint density at radius 3 is 2.06 bits per heavy atom. The van der Waals surface area contributed by atoms with Crippen molar-refractivity contribution >= 4 is 23.3 Å². The van der Waals surface area contributed by atoms with Gasteiger partial charge in [-0.2, -0.15) is 0 Å². The van der Waals surface area contributed by atoms with E-state index in [0.29, 0.717) is 11.1 Å². The topological polar surface area (TPSA) is 74.7 Å². The lowest BCUT2D eigenvalue weighted by Gasteiger charge is -2.32. The van der Waals surface area contributed by atoms with Gasteiger partial charge in [0.15, 0.2) is 5.78 Å². The second-order valence-electron chi connectivity index (χ2n) is 8.20. The average Bonchev–Trinajstić information content (AvgIpc) is 2.81. The molecule has 1 amide bonds. The third kappa shape index (κ3) is 7.63. The number of ketones is 1. The molecule has 5 nitrogen and oxygen atoms in total. The number of Topliss-reactive ketones (excluding diaryl/α,β-unsaturated/α-hetero) is 1. The molecule has 1 atom stereocenters. The summed E-state index contributed by atoms with van der Waals surface area (Å²) in [6, 6.07) is 16.4. The monoisotopic (exact) mass is 437 g/mol. The van der Waals surface area contributed by atoms with Crippen LogP contribution in [0.1, 0.15) is 92.4 Å². The first-order valence-electron chi connectivity index (χ1n) is 11.7. The summed E-state index contributed by atoms with van der Waals surface area (Å²) in [6.07, 6.45) is 7.19. The van der Waals surface area contributed by atoms with E-state index in [1.165, 1.54) is 12.8 Å². The summed E-state index contributed by atoms with van der Waals surface area (Å²) in [6.45, 7) is 4.32. The molecule has 2 aromatic carbocycles. The van der Waals surface area contributed by atoms with E-state index < -0.39 is 5.97 Å². The molecule has 0 saturated carbocycles. The summed E-state index contributed by atoms with van der Waals surface area (Å²) in [5, 5.41) is 8.82. The summed E-state index contributed by atoms with van der Waals surface area (Å²) in [5.74, 6) is -1.23. The molecule has 0 aliphatic heterocycles. The Morgan fingerprint density at radius 1 is 0.781 bits per heavy atom. The lowest BCUT2D eigenvalue weighted by atomic mass is 9.99. The molecular formula is C27H35NO4. The van der Waals surface area contributed by atoms with Gasteiger partial charge in [0.05, 0.1) is 6.42 Å². The highest BCUT2D eigenvalue weighted by Gasteiger charge is 2.26. The summed E-state index contributed by atoms with van der Waals surface area (Å²) in [4.78, 5) is 38.5. The minimum absolute atomic E-state index is 0.0305. The fraction of sp³-hybridized carbons (Fsp3) is 0.444. The van der Waals surface area contributed by atoms with Crippen LogP contribution in [0.5, 0.6) is 0 Å². The van der Waals surface area contributed by atoms with Crippen LogP contribution in [0.3, 0.4) is 0 Å². The largest absolute Gasteiger partial charge is 0.481 e. The minimum Gasteiger partial charge on any atom is -0.481 e. The van der Waals surface area contributed by atoms with E-state index in [-0.39, 0.29) is 30.6 Å². The number of nitrogens with zero attached hydrogens (tertiary/aromatic N) is 1. The zero-order valence-corrected chi connectivity index (χ0v) is 19.3. The summed E-state index contributed by atoms with van der Waals surface area (Å²) < 4.78 is 0. The van der Waals surface area contributed by atoms with Crippen molar-refractivity contribution in [2.75, 3.05) is 4.90 Å². The predicted molar refractivity (Wildman–Crippen MR) is 128 cm³/mol. The molecule has 5 heteroatoms. The summed E-state index contributed by atoms with van der Waals surface area (Å²) in [5.41, 5.74) is 1.88. The van der Waals surface area contributed by atoms with Crippen LogP contribution in [-0.2, 0) is 4.79 Å². The third-order valence-electron chi connectivity index (χ3n) is 5.65. The molecule has 0 bridgehead atoms. The molecule has 0 radical (unpaired) electrons. The average molecular weight is 438 g/mol. The van der Waals surface area contributed by atoms with Crippen LogP contribution in [0.15, 0.2) is 54.6 Å². The highest BCUT2D eigenvalue weighted by Crippen LogP contribution is 2.26. The maximum Gasteiger partial charge on any atom is 0.303 e. The Balaban J connectivity index is 2.31. The molecule has 0 spiro atoms. The standard InChI is InChI=1S/C27H35NO4/c1-3-5-6-10-14-23(11-4-2)28(27(32)22-12-8-7-9-13-22)24-17-15-21(16-18-24)25(29)19-20-26(30)31/h7-9,12-13,15-18,23H,3-6,10-11,14,19-20H2,1-2H3,(H,30,31). The van der Waals surface area contributed by atoms with E-state index in [1.54, 1.807) is 12.1 Å². The normalized spacial score (nSPS) is 11.7. The van der Waals surface area contributed by atoms with Crippen LogP contribution >= 0.6 is 0 Å². The van der Waals surface area contributed by atoms with Crippen LogP contribution in [0.4, 0.5) is 5.69 Å². The van der Waals surface area contributed by atoms with Gasteiger partial charge in [-0.15, -0.1) is 0 Å². The Bertz CT molecular complexity index is 861. The number of carbonyl (C=O) groups excluding carboxylic acids is 2. The Morgan fingerprint density at radius 2 is 1.47 bits per heavy atom. The Labute approximate surface area is 191 Å². The fourth-order valence-electron chi connectivity index (χ4n) is 3.93. The van der Waals surface area contributed by atoms with Gasteiger partial charge in [0.2, 0.25) is 0 Å². The lowest BCUT2D eigenvalue weighted by Crippen LogP contribution is -2.40. The van der Waals surface area contributed by atoms with Gasteiger partial charge in [0, 0.05) is 29.3 Å². The number of hydrogen-bond acceptors (Lipinski definition) is 3. The van der Waals surface area contributed by atoms with Gasteiger partial charge in [0.25, 0.3) is 5.91 Å². The van der Waals surface area contributed by atoms with Gasteiger partial charge >= 0.3 is 5.97 Å². The van der Waals surface area contributed by atoms with Gasteiger partial charge < -0.3 is 10.0 Å². The second-order valence-corrected chi connectivity index (χ2v) is 8.20. The maximum absolute atomic E-state index is 13.5. The number of rotatable bonds is 14. The highest BCUT2D eigenvalue weighted by molar-refractivity contribution is 6.07. The van der Waals surface area contributed by atoms with Gasteiger partial charge in [-0.05, 0) is 49.2 Å². The van der Waals surface area contributed by atoms with Gasteiger partial charge in [0.1, 0.15) is 0 Å². The molecule has 0 saturated heterocycles. The van der Waals surface area contributed by atoms with E-state index in [4.69, 9.17) is 5.11 Å². The SMILES string of the molecule is CCCCCCC(CCC)N(C(=O)c1ccccc1)c1ccc(C(=O)CCC(=O)O)cc1. The van der Waals surface area contributed by atoms with Crippen molar-refractivity contribution in [1.29, 1.82) is 0 Å². The minimum atomic E-state index is -0.986.